The molecular weight excluding hydrogens is 316 g/mol. The third kappa shape index (κ3) is 6.01. The monoisotopic (exact) mass is 340 g/mol. The number of methoxy groups -OCH3 is 3. The van der Waals surface area contributed by atoms with Gasteiger partial charge in [0.1, 0.15) is 5.75 Å². The number of hydrogen-bond acceptors (Lipinski definition) is 4. The first-order valence-electron chi connectivity index (χ1n) is 8.03. The van der Waals surface area contributed by atoms with Crippen molar-refractivity contribution in [1.29, 1.82) is 0 Å². The first kappa shape index (κ1) is 18.6. The summed E-state index contributed by atoms with van der Waals surface area (Å²) in [5.41, 5.74) is 2.15. The van der Waals surface area contributed by atoms with E-state index in [1.54, 1.807) is 21.3 Å². The second kappa shape index (κ2) is 10.2. The minimum absolute atomic E-state index is 0.543. The summed E-state index contributed by atoms with van der Waals surface area (Å²) in [5, 5.41) is 0. The third-order valence-corrected chi connectivity index (χ3v) is 3.57. The number of ether oxygens (including phenoxy) is 4. The number of hydrogen-bond donors (Lipinski definition) is 0. The third-order valence-electron chi connectivity index (χ3n) is 3.57. The zero-order chi connectivity index (χ0) is 17.9. The van der Waals surface area contributed by atoms with Crippen LogP contribution in [-0.4, -0.2) is 34.5 Å². The van der Waals surface area contributed by atoms with Gasteiger partial charge < -0.3 is 18.9 Å². The molecular formula is C21H24O4. The van der Waals surface area contributed by atoms with E-state index in [0.717, 1.165) is 22.6 Å². The highest BCUT2D eigenvalue weighted by Gasteiger charge is 2.02. The van der Waals surface area contributed by atoms with Gasteiger partial charge in [-0.1, -0.05) is 42.5 Å². The lowest BCUT2D eigenvalue weighted by molar-refractivity contribution is 0.195. The molecule has 0 atom stereocenters. The molecule has 0 unspecified atom stereocenters. The number of rotatable bonds is 9. The topological polar surface area (TPSA) is 36.9 Å². The summed E-state index contributed by atoms with van der Waals surface area (Å²) in [6, 6.07) is 13.7. The second-order valence-electron chi connectivity index (χ2n) is 5.23. The lowest BCUT2D eigenvalue weighted by atomic mass is 10.2. The van der Waals surface area contributed by atoms with Gasteiger partial charge in [0.25, 0.3) is 0 Å². The molecule has 0 N–H and O–H groups in total. The second-order valence-corrected chi connectivity index (χ2v) is 5.23. The van der Waals surface area contributed by atoms with Crippen LogP contribution in [0.25, 0.3) is 12.2 Å². The standard InChI is InChI=1S/C21H24O4/c1-22-19-11-8-17(9-12-19)6-4-14-25-15-5-7-18-10-13-20(23-2)21(16-18)24-3/h4-13,16H,14-15H2,1-3H3/b6-4+,7-5+. The Labute approximate surface area is 149 Å². The van der Waals surface area contributed by atoms with Crippen LogP contribution in [-0.2, 0) is 4.74 Å². The summed E-state index contributed by atoms with van der Waals surface area (Å²) < 4.78 is 21.2. The Morgan fingerprint density at radius 2 is 1.28 bits per heavy atom. The summed E-state index contributed by atoms with van der Waals surface area (Å²) in [7, 11) is 4.92. The van der Waals surface area contributed by atoms with Gasteiger partial charge in [0, 0.05) is 0 Å². The van der Waals surface area contributed by atoms with Crippen molar-refractivity contribution in [3.8, 4) is 17.2 Å². The van der Waals surface area contributed by atoms with E-state index in [1.807, 2.05) is 66.8 Å². The fourth-order valence-electron chi connectivity index (χ4n) is 2.24. The molecule has 2 aromatic rings. The molecule has 0 saturated heterocycles. The fourth-order valence-corrected chi connectivity index (χ4v) is 2.24. The van der Waals surface area contributed by atoms with Crippen molar-refractivity contribution in [3.05, 3.63) is 65.7 Å². The van der Waals surface area contributed by atoms with E-state index < -0.39 is 0 Å². The molecule has 0 radical (unpaired) electrons. The molecule has 4 heteroatoms. The first-order valence-corrected chi connectivity index (χ1v) is 8.03. The maximum atomic E-state index is 5.57. The van der Waals surface area contributed by atoms with E-state index in [1.165, 1.54) is 0 Å². The largest absolute Gasteiger partial charge is 0.497 e. The average Bonchev–Trinajstić information content (AvgIpc) is 2.67. The molecule has 0 fully saturated rings. The maximum Gasteiger partial charge on any atom is 0.161 e. The molecule has 0 amide bonds. The molecule has 0 bridgehead atoms. The van der Waals surface area contributed by atoms with Gasteiger partial charge in [-0.05, 0) is 35.4 Å². The molecule has 2 rings (SSSR count). The smallest absolute Gasteiger partial charge is 0.161 e. The summed E-state index contributed by atoms with van der Waals surface area (Å²) in [4.78, 5) is 0. The summed E-state index contributed by atoms with van der Waals surface area (Å²) in [5.74, 6) is 2.29. The highest BCUT2D eigenvalue weighted by atomic mass is 16.5. The zero-order valence-electron chi connectivity index (χ0n) is 14.9. The van der Waals surface area contributed by atoms with Crippen LogP contribution < -0.4 is 14.2 Å². The van der Waals surface area contributed by atoms with Crippen molar-refractivity contribution < 1.29 is 18.9 Å². The normalized spacial score (nSPS) is 11.2. The van der Waals surface area contributed by atoms with Gasteiger partial charge in [-0.15, -0.1) is 0 Å². The van der Waals surface area contributed by atoms with E-state index in [0.29, 0.717) is 19.0 Å². The van der Waals surface area contributed by atoms with Gasteiger partial charge in [-0.2, -0.15) is 0 Å². The average molecular weight is 340 g/mol. The Balaban J connectivity index is 1.75. The molecule has 0 spiro atoms. The number of benzene rings is 2. The Hall–Kier alpha value is -2.72. The van der Waals surface area contributed by atoms with Crippen LogP contribution in [0.3, 0.4) is 0 Å². The minimum atomic E-state index is 0.543. The van der Waals surface area contributed by atoms with Crippen molar-refractivity contribution in [1.82, 2.24) is 0 Å². The van der Waals surface area contributed by atoms with Gasteiger partial charge in [0.05, 0.1) is 34.5 Å². The zero-order valence-corrected chi connectivity index (χ0v) is 14.9. The predicted molar refractivity (Wildman–Crippen MR) is 101 cm³/mol. The van der Waals surface area contributed by atoms with E-state index in [9.17, 15) is 0 Å². The highest BCUT2D eigenvalue weighted by molar-refractivity contribution is 5.56. The minimum Gasteiger partial charge on any atom is -0.497 e. The molecule has 0 aliphatic rings. The maximum absolute atomic E-state index is 5.57. The van der Waals surface area contributed by atoms with E-state index in [2.05, 4.69) is 0 Å². The van der Waals surface area contributed by atoms with Crippen LogP contribution in [0.15, 0.2) is 54.6 Å². The van der Waals surface area contributed by atoms with Crippen LogP contribution in [0.4, 0.5) is 0 Å². The summed E-state index contributed by atoms with van der Waals surface area (Å²) >= 11 is 0. The molecule has 0 aliphatic heterocycles. The summed E-state index contributed by atoms with van der Waals surface area (Å²) in [6.45, 7) is 1.10. The molecule has 0 saturated carbocycles. The lowest BCUT2D eigenvalue weighted by Crippen LogP contribution is -1.91. The SMILES string of the molecule is COc1ccc(/C=C/COC/C=C/c2ccc(OC)c(OC)c2)cc1. The quantitative estimate of drug-likeness (QED) is 0.632. The molecule has 25 heavy (non-hydrogen) atoms. The van der Waals surface area contributed by atoms with E-state index in [4.69, 9.17) is 18.9 Å². The van der Waals surface area contributed by atoms with Crippen LogP contribution >= 0.6 is 0 Å². The van der Waals surface area contributed by atoms with Gasteiger partial charge >= 0.3 is 0 Å². The Bertz CT molecular complexity index is 702. The van der Waals surface area contributed by atoms with Gasteiger partial charge in [0.2, 0.25) is 0 Å². The molecule has 0 aliphatic carbocycles. The van der Waals surface area contributed by atoms with Crippen molar-refractivity contribution in [3.63, 3.8) is 0 Å². The van der Waals surface area contributed by atoms with Crippen LogP contribution in [0.1, 0.15) is 11.1 Å². The van der Waals surface area contributed by atoms with E-state index in [-0.39, 0.29) is 0 Å². The Morgan fingerprint density at radius 1 is 0.680 bits per heavy atom. The predicted octanol–water partition coefficient (Wildman–Crippen LogP) is 4.46. The molecule has 0 aromatic heterocycles. The summed E-state index contributed by atoms with van der Waals surface area (Å²) in [6.07, 6.45) is 7.99. The first-order chi connectivity index (χ1) is 12.3. The van der Waals surface area contributed by atoms with Gasteiger partial charge in [0.15, 0.2) is 11.5 Å². The lowest BCUT2D eigenvalue weighted by Gasteiger charge is -2.07. The molecule has 132 valence electrons. The Kier molecular flexibility index (Phi) is 7.60. The van der Waals surface area contributed by atoms with Crippen LogP contribution in [0, 0.1) is 0 Å². The van der Waals surface area contributed by atoms with Crippen LogP contribution in [0.2, 0.25) is 0 Å². The van der Waals surface area contributed by atoms with Gasteiger partial charge in [-0.3, -0.25) is 0 Å². The van der Waals surface area contributed by atoms with Crippen molar-refractivity contribution in [2.75, 3.05) is 34.5 Å². The highest BCUT2D eigenvalue weighted by Crippen LogP contribution is 2.27. The fraction of sp³-hybridized carbons (Fsp3) is 0.238. The van der Waals surface area contributed by atoms with Gasteiger partial charge in [-0.25, -0.2) is 0 Å². The molecule has 2 aromatic carbocycles. The Morgan fingerprint density at radius 3 is 1.88 bits per heavy atom. The van der Waals surface area contributed by atoms with Crippen molar-refractivity contribution >= 4 is 12.2 Å². The molecule has 0 heterocycles. The van der Waals surface area contributed by atoms with Crippen LogP contribution in [0.5, 0.6) is 17.2 Å². The van der Waals surface area contributed by atoms with Crippen molar-refractivity contribution in [2.24, 2.45) is 0 Å². The van der Waals surface area contributed by atoms with Crippen molar-refractivity contribution in [2.45, 2.75) is 0 Å². The van der Waals surface area contributed by atoms with E-state index >= 15 is 0 Å². The molecule has 4 nitrogen and oxygen atoms in total.